The third kappa shape index (κ3) is 1.57. The zero-order chi connectivity index (χ0) is 13.6. The van der Waals surface area contributed by atoms with E-state index in [4.69, 9.17) is 0 Å². The van der Waals surface area contributed by atoms with Crippen LogP contribution in [0, 0.1) is 6.92 Å². The Kier molecular flexibility index (Phi) is 2.43. The molecule has 1 unspecified atom stereocenters. The number of carbonyl (C=O) groups excluding carboxylic acids is 1. The number of anilines is 1. The first-order valence-electron chi connectivity index (χ1n) is 6.10. The lowest BCUT2D eigenvalue weighted by molar-refractivity contribution is 0.0550. The number of benzene rings is 1. The molecule has 4 heteroatoms. The normalized spacial score (nSPS) is 21.6. The summed E-state index contributed by atoms with van der Waals surface area (Å²) in [4.78, 5) is 17.9. The van der Waals surface area contributed by atoms with Crippen LogP contribution in [-0.2, 0) is 5.72 Å². The molecular formula is C15H14N2O2. The van der Waals surface area contributed by atoms with Gasteiger partial charge in [0.25, 0.3) is 5.91 Å². The number of hydrogen-bond acceptors (Lipinski definition) is 3. The van der Waals surface area contributed by atoms with Crippen molar-refractivity contribution in [1.29, 1.82) is 0 Å². The molecule has 19 heavy (non-hydrogen) atoms. The molecule has 1 N–H and O–H groups in total. The summed E-state index contributed by atoms with van der Waals surface area (Å²) in [7, 11) is 0. The number of fused-ring (bicyclic) bond motifs is 1. The fourth-order valence-corrected chi connectivity index (χ4v) is 2.76. The summed E-state index contributed by atoms with van der Waals surface area (Å²) in [5.74, 6) is -0.197. The van der Waals surface area contributed by atoms with E-state index >= 15 is 0 Å². The van der Waals surface area contributed by atoms with Crippen LogP contribution in [0.1, 0.15) is 28.4 Å². The highest BCUT2D eigenvalue weighted by atomic mass is 16.3. The van der Waals surface area contributed by atoms with Gasteiger partial charge in [0.1, 0.15) is 0 Å². The Bertz CT molecular complexity index is 650. The average Bonchev–Trinajstić information content (AvgIpc) is 2.59. The van der Waals surface area contributed by atoms with Crippen LogP contribution < -0.4 is 4.90 Å². The molecule has 0 aliphatic carbocycles. The molecule has 96 valence electrons. The molecule has 1 aromatic heterocycles. The predicted molar refractivity (Wildman–Crippen MR) is 71.8 cm³/mol. The Morgan fingerprint density at radius 2 is 2.05 bits per heavy atom. The SMILES string of the molecule is Cc1cccc2c1C(C)(O)N(c1cccnc1)C2=O. The molecule has 0 saturated heterocycles. The highest BCUT2D eigenvalue weighted by Gasteiger charge is 2.46. The van der Waals surface area contributed by atoms with E-state index in [2.05, 4.69) is 4.98 Å². The summed E-state index contributed by atoms with van der Waals surface area (Å²) in [5.41, 5.74) is 1.37. The van der Waals surface area contributed by atoms with Crippen molar-refractivity contribution in [2.75, 3.05) is 4.90 Å². The van der Waals surface area contributed by atoms with E-state index in [1.54, 1.807) is 37.5 Å². The maximum atomic E-state index is 12.5. The second-order valence-corrected chi connectivity index (χ2v) is 4.87. The summed E-state index contributed by atoms with van der Waals surface area (Å²) in [6, 6.07) is 8.98. The molecule has 3 rings (SSSR count). The van der Waals surface area contributed by atoms with E-state index in [0.29, 0.717) is 16.8 Å². The maximum absolute atomic E-state index is 12.5. The lowest BCUT2D eigenvalue weighted by Gasteiger charge is -2.31. The Morgan fingerprint density at radius 3 is 2.68 bits per heavy atom. The van der Waals surface area contributed by atoms with Gasteiger partial charge in [0.05, 0.1) is 11.9 Å². The zero-order valence-electron chi connectivity index (χ0n) is 10.8. The summed E-state index contributed by atoms with van der Waals surface area (Å²) in [5, 5.41) is 10.8. The van der Waals surface area contributed by atoms with Gasteiger partial charge in [-0.3, -0.25) is 14.7 Å². The largest absolute Gasteiger partial charge is 0.367 e. The minimum Gasteiger partial charge on any atom is -0.367 e. The first kappa shape index (κ1) is 11.9. The summed E-state index contributed by atoms with van der Waals surface area (Å²) in [6.45, 7) is 3.53. The van der Waals surface area contributed by atoms with E-state index in [-0.39, 0.29) is 5.91 Å². The van der Waals surface area contributed by atoms with Crippen LogP contribution >= 0.6 is 0 Å². The van der Waals surface area contributed by atoms with Crippen molar-refractivity contribution >= 4 is 11.6 Å². The minimum atomic E-state index is -1.35. The van der Waals surface area contributed by atoms with Gasteiger partial charge in [-0.2, -0.15) is 0 Å². The quantitative estimate of drug-likeness (QED) is 0.849. The van der Waals surface area contributed by atoms with Gasteiger partial charge in [0.2, 0.25) is 0 Å². The van der Waals surface area contributed by atoms with Gasteiger partial charge >= 0.3 is 0 Å². The molecule has 1 aliphatic heterocycles. The van der Waals surface area contributed by atoms with Crippen molar-refractivity contribution in [3.63, 3.8) is 0 Å². The van der Waals surface area contributed by atoms with Crippen LogP contribution in [0.5, 0.6) is 0 Å². The fourth-order valence-electron chi connectivity index (χ4n) is 2.76. The number of pyridine rings is 1. The number of carbonyl (C=O) groups is 1. The van der Waals surface area contributed by atoms with Crippen molar-refractivity contribution in [3.05, 3.63) is 59.4 Å². The molecule has 2 aromatic rings. The van der Waals surface area contributed by atoms with E-state index in [0.717, 1.165) is 5.56 Å². The van der Waals surface area contributed by atoms with Gasteiger partial charge in [0, 0.05) is 17.3 Å². The van der Waals surface area contributed by atoms with Crippen LogP contribution in [0.3, 0.4) is 0 Å². The molecule has 1 aromatic carbocycles. The van der Waals surface area contributed by atoms with E-state index < -0.39 is 5.72 Å². The van der Waals surface area contributed by atoms with Gasteiger partial charge in [0.15, 0.2) is 5.72 Å². The highest BCUT2D eigenvalue weighted by Crippen LogP contribution is 2.41. The third-order valence-electron chi connectivity index (χ3n) is 3.52. The Morgan fingerprint density at radius 1 is 1.26 bits per heavy atom. The summed E-state index contributed by atoms with van der Waals surface area (Å²) in [6.07, 6.45) is 3.21. The van der Waals surface area contributed by atoms with Crippen LogP contribution in [0.15, 0.2) is 42.7 Å². The van der Waals surface area contributed by atoms with Crippen LogP contribution in [0.25, 0.3) is 0 Å². The van der Waals surface area contributed by atoms with Crippen LogP contribution in [0.4, 0.5) is 5.69 Å². The molecule has 0 radical (unpaired) electrons. The van der Waals surface area contributed by atoms with Crippen molar-refractivity contribution in [1.82, 2.24) is 4.98 Å². The Hall–Kier alpha value is -2.20. The van der Waals surface area contributed by atoms with Gasteiger partial charge in [-0.05, 0) is 37.6 Å². The monoisotopic (exact) mass is 254 g/mol. The Balaban J connectivity index is 2.22. The number of aromatic nitrogens is 1. The number of nitrogens with zero attached hydrogens (tertiary/aromatic N) is 2. The average molecular weight is 254 g/mol. The molecule has 0 saturated carbocycles. The van der Waals surface area contributed by atoms with Crippen LogP contribution in [0.2, 0.25) is 0 Å². The number of hydrogen-bond donors (Lipinski definition) is 1. The molecule has 0 fully saturated rings. The fraction of sp³-hybridized carbons (Fsp3) is 0.200. The predicted octanol–water partition coefficient (Wildman–Crippen LogP) is 2.22. The molecular weight excluding hydrogens is 240 g/mol. The molecule has 0 spiro atoms. The standard InChI is InChI=1S/C15H14N2O2/c1-10-5-3-7-12-13(10)15(2,19)17(14(12)18)11-6-4-8-16-9-11/h3-9,19H,1-2H3. The first-order valence-corrected chi connectivity index (χ1v) is 6.10. The number of rotatable bonds is 1. The highest BCUT2D eigenvalue weighted by molar-refractivity contribution is 6.11. The molecule has 1 aliphatic rings. The van der Waals surface area contributed by atoms with Crippen molar-refractivity contribution in [2.24, 2.45) is 0 Å². The van der Waals surface area contributed by atoms with Crippen molar-refractivity contribution < 1.29 is 9.90 Å². The first-order chi connectivity index (χ1) is 9.03. The minimum absolute atomic E-state index is 0.197. The van der Waals surface area contributed by atoms with Crippen molar-refractivity contribution in [3.8, 4) is 0 Å². The van der Waals surface area contributed by atoms with Gasteiger partial charge < -0.3 is 5.11 Å². The van der Waals surface area contributed by atoms with Gasteiger partial charge in [-0.25, -0.2) is 0 Å². The number of aliphatic hydroxyl groups is 1. The van der Waals surface area contributed by atoms with Gasteiger partial charge in [-0.1, -0.05) is 12.1 Å². The zero-order valence-corrected chi connectivity index (χ0v) is 10.8. The summed E-state index contributed by atoms with van der Waals surface area (Å²) >= 11 is 0. The summed E-state index contributed by atoms with van der Waals surface area (Å²) < 4.78 is 0. The lowest BCUT2D eigenvalue weighted by atomic mass is 9.97. The number of amides is 1. The molecule has 1 atom stereocenters. The molecule has 4 nitrogen and oxygen atoms in total. The molecule has 2 heterocycles. The smallest absolute Gasteiger partial charge is 0.261 e. The van der Waals surface area contributed by atoms with Gasteiger partial charge in [-0.15, -0.1) is 0 Å². The third-order valence-corrected chi connectivity index (χ3v) is 3.52. The van der Waals surface area contributed by atoms with E-state index in [9.17, 15) is 9.90 Å². The van der Waals surface area contributed by atoms with E-state index in [1.165, 1.54) is 4.90 Å². The number of aryl methyl sites for hydroxylation is 1. The van der Waals surface area contributed by atoms with E-state index in [1.807, 2.05) is 19.1 Å². The lowest BCUT2D eigenvalue weighted by Crippen LogP contribution is -2.41. The topological polar surface area (TPSA) is 53.4 Å². The van der Waals surface area contributed by atoms with Crippen molar-refractivity contribution in [2.45, 2.75) is 19.6 Å². The molecule has 1 amide bonds. The molecule has 0 bridgehead atoms. The second kappa shape index (κ2) is 3.90. The second-order valence-electron chi connectivity index (χ2n) is 4.87. The Labute approximate surface area is 111 Å². The maximum Gasteiger partial charge on any atom is 0.261 e. The van der Waals surface area contributed by atoms with Crippen LogP contribution in [-0.4, -0.2) is 16.0 Å².